The Balaban J connectivity index is 2.29. The minimum Gasteiger partial charge on any atom is -0.439 e. The van der Waals surface area contributed by atoms with Gasteiger partial charge < -0.3 is 4.42 Å². The number of nitrogens with zero attached hydrogens (tertiary/aromatic N) is 2. The lowest BCUT2D eigenvalue weighted by molar-refractivity contribution is -0.883. The van der Waals surface area contributed by atoms with Crippen LogP contribution in [0, 0.1) is 0 Å². The maximum atomic E-state index is 9.99. The smallest absolute Gasteiger partial charge is 0.269 e. The van der Waals surface area contributed by atoms with Crippen molar-refractivity contribution in [3.63, 3.8) is 0 Å². The molecule has 0 spiro atoms. The van der Waals surface area contributed by atoms with E-state index >= 15 is 0 Å². The summed E-state index contributed by atoms with van der Waals surface area (Å²) in [5.41, 5.74) is 2.09. The van der Waals surface area contributed by atoms with Gasteiger partial charge in [-0.2, -0.15) is 0 Å². The van der Waals surface area contributed by atoms with Crippen LogP contribution < -0.4 is 4.73 Å². The van der Waals surface area contributed by atoms with Crippen LogP contribution in [-0.2, 0) is 6.42 Å². The number of benzene rings is 1. The zero-order valence-corrected chi connectivity index (χ0v) is 12.1. The van der Waals surface area contributed by atoms with Crippen molar-refractivity contribution >= 4 is 37.9 Å². The zero-order chi connectivity index (χ0) is 13.4. The summed E-state index contributed by atoms with van der Waals surface area (Å²) in [5.74, 6) is 0.722. The molecule has 0 aliphatic heterocycles. The Morgan fingerprint density at radius 2 is 2.26 bits per heavy atom. The van der Waals surface area contributed by atoms with Crippen LogP contribution in [-0.4, -0.2) is 10.2 Å². The van der Waals surface area contributed by atoms with Crippen molar-refractivity contribution in [3.05, 3.63) is 34.8 Å². The molecule has 0 amide bonds. The maximum absolute atomic E-state index is 9.99. The van der Waals surface area contributed by atoms with Crippen molar-refractivity contribution in [1.29, 1.82) is 0 Å². The molecule has 0 fully saturated rings. The van der Waals surface area contributed by atoms with Gasteiger partial charge in [-0.25, -0.2) is 4.98 Å². The van der Waals surface area contributed by atoms with E-state index in [2.05, 4.69) is 27.8 Å². The van der Waals surface area contributed by atoms with Gasteiger partial charge in [0.25, 0.3) is 11.7 Å². The Hall–Kier alpha value is -1.62. The third kappa shape index (κ3) is 2.08. The van der Waals surface area contributed by atoms with Gasteiger partial charge in [0.1, 0.15) is 5.39 Å². The van der Waals surface area contributed by atoms with E-state index in [0.29, 0.717) is 11.0 Å². The second kappa shape index (κ2) is 4.81. The minimum atomic E-state index is 0.674. The van der Waals surface area contributed by atoms with Gasteiger partial charge in [0.05, 0.1) is 0 Å². The van der Waals surface area contributed by atoms with Crippen molar-refractivity contribution in [2.45, 2.75) is 26.2 Å². The molecule has 0 aliphatic rings. The van der Waals surface area contributed by atoms with Gasteiger partial charge in [0, 0.05) is 21.7 Å². The Morgan fingerprint density at radius 1 is 1.42 bits per heavy atom. The molecule has 0 bridgehead atoms. The second-order valence-electron chi connectivity index (χ2n) is 4.53. The van der Waals surface area contributed by atoms with Gasteiger partial charge in [0.2, 0.25) is 0 Å². The van der Waals surface area contributed by atoms with Crippen molar-refractivity contribution < 1.29 is 14.4 Å². The maximum Gasteiger partial charge on any atom is 0.269 e. The first-order chi connectivity index (χ1) is 9.20. The first-order valence-corrected chi connectivity index (χ1v) is 7.11. The number of fused-ring (bicyclic) bond motifs is 3. The third-order valence-corrected chi connectivity index (χ3v) is 3.81. The Kier molecular flexibility index (Phi) is 3.14. The highest BCUT2D eigenvalue weighted by molar-refractivity contribution is 9.10. The van der Waals surface area contributed by atoms with Gasteiger partial charge in [-0.1, -0.05) is 19.4 Å². The van der Waals surface area contributed by atoms with Crippen LogP contribution in [0.5, 0.6) is 0 Å². The molecule has 4 nitrogen and oxygen atoms in total. The summed E-state index contributed by atoms with van der Waals surface area (Å²) in [6.07, 6.45) is 4.56. The van der Waals surface area contributed by atoms with Crippen LogP contribution in [0.25, 0.3) is 22.0 Å². The fraction of sp³-hybridized carbons (Fsp3) is 0.286. The second-order valence-corrected chi connectivity index (χ2v) is 5.39. The largest absolute Gasteiger partial charge is 0.439 e. The lowest BCUT2D eigenvalue weighted by Crippen LogP contribution is -2.30. The van der Waals surface area contributed by atoms with Crippen LogP contribution in [0.1, 0.15) is 25.7 Å². The van der Waals surface area contributed by atoms with Crippen molar-refractivity contribution in [2.75, 3.05) is 0 Å². The third-order valence-electron chi connectivity index (χ3n) is 3.15. The van der Waals surface area contributed by atoms with Crippen LogP contribution in [0.3, 0.4) is 0 Å². The Labute approximate surface area is 118 Å². The molecule has 1 N–H and O–H groups in total. The van der Waals surface area contributed by atoms with Gasteiger partial charge in [-0.3, -0.25) is 5.21 Å². The first-order valence-electron chi connectivity index (χ1n) is 6.32. The van der Waals surface area contributed by atoms with Crippen molar-refractivity contribution in [3.8, 4) is 0 Å². The number of aromatic nitrogens is 2. The molecule has 0 atom stereocenters. The van der Waals surface area contributed by atoms with E-state index in [1.54, 1.807) is 6.20 Å². The van der Waals surface area contributed by atoms with Crippen LogP contribution in [0.15, 0.2) is 33.3 Å². The number of hydrogen-bond acceptors (Lipinski definition) is 3. The highest BCUT2D eigenvalue weighted by Gasteiger charge is 2.20. The number of rotatable bonds is 3. The molecule has 5 heteroatoms. The Bertz CT molecular complexity index is 752. The molecule has 3 aromatic rings. The normalized spacial score (nSPS) is 11.5. The first kappa shape index (κ1) is 12.4. The zero-order valence-electron chi connectivity index (χ0n) is 10.6. The van der Waals surface area contributed by atoms with E-state index in [0.717, 1.165) is 45.3 Å². The fourth-order valence-corrected chi connectivity index (χ4v) is 2.73. The van der Waals surface area contributed by atoms with Gasteiger partial charge in [-0.15, -0.1) is 0 Å². The van der Waals surface area contributed by atoms with Gasteiger partial charge in [0.15, 0.2) is 17.0 Å². The molecule has 0 saturated heterocycles. The van der Waals surface area contributed by atoms with Crippen LogP contribution in [0.4, 0.5) is 0 Å². The standard InChI is InChI=1S/C14H14BrN2O2/c1-2-3-7-12-16-10-8-17(18)11-6-4-5-9(15)13(11)14(10)19-12/h4-6,8,18H,2-3,7H2,1H3/q+1. The monoisotopic (exact) mass is 321 g/mol. The average molecular weight is 322 g/mol. The number of unbranched alkanes of at least 4 members (excludes halogenated alkanes) is 1. The summed E-state index contributed by atoms with van der Waals surface area (Å²) in [6.45, 7) is 2.14. The Morgan fingerprint density at radius 3 is 3.05 bits per heavy atom. The average Bonchev–Trinajstić information content (AvgIpc) is 2.79. The molecule has 0 saturated carbocycles. The van der Waals surface area contributed by atoms with E-state index in [9.17, 15) is 5.21 Å². The van der Waals surface area contributed by atoms with E-state index in [1.165, 1.54) is 0 Å². The number of oxazole rings is 1. The predicted molar refractivity (Wildman–Crippen MR) is 75.2 cm³/mol. The van der Waals surface area contributed by atoms with Gasteiger partial charge >= 0.3 is 0 Å². The lowest BCUT2D eigenvalue weighted by atomic mass is 10.2. The molecule has 0 radical (unpaired) electrons. The van der Waals surface area contributed by atoms with Crippen LogP contribution >= 0.6 is 15.9 Å². The minimum absolute atomic E-state index is 0.674. The fourth-order valence-electron chi connectivity index (χ4n) is 2.19. The molecular weight excluding hydrogens is 308 g/mol. The summed E-state index contributed by atoms with van der Waals surface area (Å²) in [4.78, 5) is 4.43. The summed E-state index contributed by atoms with van der Waals surface area (Å²) in [7, 11) is 0. The summed E-state index contributed by atoms with van der Waals surface area (Å²) in [5, 5.41) is 10.8. The number of pyridine rings is 1. The molecule has 1 aromatic carbocycles. The molecule has 2 aromatic heterocycles. The molecular formula is C14H14BrN2O2+. The summed E-state index contributed by atoms with van der Waals surface area (Å²) >= 11 is 3.50. The molecule has 3 rings (SSSR count). The molecule has 98 valence electrons. The molecule has 19 heavy (non-hydrogen) atoms. The summed E-state index contributed by atoms with van der Waals surface area (Å²) in [6, 6.07) is 5.64. The molecule has 0 aliphatic carbocycles. The number of halogens is 1. The topological polar surface area (TPSA) is 50.1 Å². The van der Waals surface area contributed by atoms with E-state index in [1.807, 2.05) is 18.2 Å². The van der Waals surface area contributed by atoms with Crippen molar-refractivity contribution in [1.82, 2.24) is 4.98 Å². The predicted octanol–water partition coefficient (Wildman–Crippen LogP) is 3.61. The number of aryl methyl sites for hydroxylation is 1. The van der Waals surface area contributed by atoms with Crippen molar-refractivity contribution in [2.24, 2.45) is 0 Å². The van der Waals surface area contributed by atoms with E-state index in [4.69, 9.17) is 4.42 Å². The lowest BCUT2D eigenvalue weighted by Gasteiger charge is -1.96. The van der Waals surface area contributed by atoms with E-state index in [-0.39, 0.29) is 0 Å². The number of hydrogen-bond donors (Lipinski definition) is 1. The van der Waals surface area contributed by atoms with E-state index < -0.39 is 0 Å². The molecule has 2 heterocycles. The van der Waals surface area contributed by atoms with Gasteiger partial charge in [-0.05, 0) is 28.4 Å². The quantitative estimate of drug-likeness (QED) is 0.592. The highest BCUT2D eigenvalue weighted by Crippen LogP contribution is 2.29. The SMILES string of the molecule is CCCCc1nc2c[n+](O)c3cccc(Br)c3c2o1. The van der Waals surface area contributed by atoms with Crippen LogP contribution in [0.2, 0.25) is 0 Å². The highest BCUT2D eigenvalue weighted by atomic mass is 79.9. The summed E-state index contributed by atoms with van der Waals surface area (Å²) < 4.78 is 7.83. The molecule has 0 unspecified atom stereocenters.